The molecule has 0 bridgehead atoms. The highest BCUT2D eigenvalue weighted by atomic mass is 16.3. The average molecular weight is 436 g/mol. The Morgan fingerprint density at radius 1 is 0.848 bits per heavy atom. The van der Waals surface area contributed by atoms with Gasteiger partial charge in [-0.25, -0.2) is 15.0 Å². The summed E-state index contributed by atoms with van der Waals surface area (Å²) in [6, 6.07) is 19.2. The Bertz CT molecular complexity index is 1460. The molecule has 5 aromatic rings. The molecule has 0 spiro atoms. The first-order chi connectivity index (χ1) is 15.8. The normalized spacial score (nSPS) is 12.2. The summed E-state index contributed by atoms with van der Waals surface area (Å²) < 4.78 is 6.05. The zero-order valence-corrected chi connectivity index (χ0v) is 19.9. The van der Waals surface area contributed by atoms with Crippen molar-refractivity contribution in [1.82, 2.24) is 15.0 Å². The van der Waals surface area contributed by atoms with Crippen molar-refractivity contribution in [2.24, 2.45) is 5.92 Å². The molecule has 0 fully saturated rings. The molecule has 0 aliphatic rings. The molecule has 33 heavy (non-hydrogen) atoms. The van der Waals surface area contributed by atoms with Crippen LogP contribution in [0.1, 0.15) is 45.7 Å². The van der Waals surface area contributed by atoms with Crippen LogP contribution in [-0.2, 0) is 11.8 Å². The third-order valence-electron chi connectivity index (χ3n) is 5.96. The first kappa shape index (κ1) is 21.3. The van der Waals surface area contributed by atoms with E-state index in [9.17, 15) is 0 Å². The fraction of sp³-hybridized carbons (Fsp3) is 0.276. The standard InChI is InChI=1S/C29H29N3O/c1-18(2)10-19-11-22-14-27(33-28(22)30-16-19)26-15-25(31-17-32-26)21-12-20-8-6-7-9-23(20)24(13-21)29(3,4)5/h6-9,11-18H,10H2,1-5H3. The zero-order valence-electron chi connectivity index (χ0n) is 19.9. The largest absolute Gasteiger partial charge is 0.436 e. The predicted octanol–water partition coefficient (Wildman–Crippen LogP) is 7.60. The van der Waals surface area contributed by atoms with Crippen molar-refractivity contribution >= 4 is 21.9 Å². The number of nitrogens with zero attached hydrogens (tertiary/aromatic N) is 3. The third kappa shape index (κ3) is 4.25. The van der Waals surface area contributed by atoms with Crippen molar-refractivity contribution in [3.05, 3.63) is 78.2 Å². The first-order valence-electron chi connectivity index (χ1n) is 11.5. The van der Waals surface area contributed by atoms with Gasteiger partial charge in [0, 0.05) is 17.1 Å². The maximum absolute atomic E-state index is 6.05. The number of rotatable bonds is 4. The van der Waals surface area contributed by atoms with E-state index in [0.717, 1.165) is 28.8 Å². The van der Waals surface area contributed by atoms with Gasteiger partial charge in [-0.3, -0.25) is 0 Å². The molecule has 0 N–H and O–H groups in total. The van der Waals surface area contributed by atoms with Crippen LogP contribution in [0.4, 0.5) is 0 Å². The monoisotopic (exact) mass is 435 g/mol. The predicted molar refractivity (Wildman–Crippen MR) is 135 cm³/mol. The smallest absolute Gasteiger partial charge is 0.226 e. The second kappa shape index (κ2) is 8.11. The lowest BCUT2D eigenvalue weighted by atomic mass is 9.82. The van der Waals surface area contributed by atoms with Gasteiger partial charge in [0.15, 0.2) is 5.76 Å². The number of hydrogen-bond acceptors (Lipinski definition) is 4. The molecule has 0 aliphatic carbocycles. The van der Waals surface area contributed by atoms with Gasteiger partial charge >= 0.3 is 0 Å². The molecule has 3 aromatic heterocycles. The lowest BCUT2D eigenvalue weighted by Gasteiger charge is -2.22. The van der Waals surface area contributed by atoms with Crippen LogP contribution in [0.25, 0.3) is 44.6 Å². The molecule has 5 rings (SSSR count). The van der Waals surface area contributed by atoms with Gasteiger partial charge in [0.1, 0.15) is 12.0 Å². The highest BCUT2D eigenvalue weighted by Crippen LogP contribution is 2.35. The van der Waals surface area contributed by atoms with Crippen LogP contribution in [0.3, 0.4) is 0 Å². The van der Waals surface area contributed by atoms with Crippen LogP contribution < -0.4 is 0 Å². The zero-order chi connectivity index (χ0) is 23.2. The fourth-order valence-electron chi connectivity index (χ4n) is 4.42. The number of fused-ring (bicyclic) bond motifs is 2. The molecule has 3 heterocycles. The molecule has 0 amide bonds. The van der Waals surface area contributed by atoms with E-state index >= 15 is 0 Å². The van der Waals surface area contributed by atoms with Gasteiger partial charge in [0.05, 0.1) is 5.69 Å². The van der Waals surface area contributed by atoms with Gasteiger partial charge < -0.3 is 4.42 Å². The maximum atomic E-state index is 6.05. The van der Waals surface area contributed by atoms with Crippen molar-refractivity contribution in [3.63, 3.8) is 0 Å². The van der Waals surface area contributed by atoms with E-state index in [-0.39, 0.29) is 5.41 Å². The van der Waals surface area contributed by atoms with Crippen molar-refractivity contribution < 1.29 is 4.42 Å². The number of aromatic nitrogens is 3. The molecular weight excluding hydrogens is 406 g/mol. The molecule has 0 aliphatic heterocycles. The Morgan fingerprint density at radius 3 is 2.42 bits per heavy atom. The summed E-state index contributed by atoms with van der Waals surface area (Å²) in [6.07, 6.45) is 4.52. The van der Waals surface area contributed by atoms with E-state index in [1.54, 1.807) is 6.33 Å². The van der Waals surface area contributed by atoms with Crippen molar-refractivity contribution in [2.75, 3.05) is 0 Å². The molecule has 4 heteroatoms. The molecule has 0 atom stereocenters. The van der Waals surface area contributed by atoms with Crippen molar-refractivity contribution in [2.45, 2.75) is 46.5 Å². The number of benzene rings is 2. The molecule has 0 saturated heterocycles. The summed E-state index contributed by atoms with van der Waals surface area (Å²) in [6.45, 7) is 11.2. The highest BCUT2D eigenvalue weighted by molar-refractivity contribution is 5.91. The molecular formula is C29H29N3O. The van der Waals surface area contributed by atoms with E-state index in [1.807, 2.05) is 18.3 Å². The van der Waals surface area contributed by atoms with Gasteiger partial charge in [0.2, 0.25) is 5.71 Å². The highest BCUT2D eigenvalue weighted by Gasteiger charge is 2.19. The molecule has 2 aromatic carbocycles. The molecule has 4 nitrogen and oxygen atoms in total. The minimum absolute atomic E-state index is 0.0174. The maximum Gasteiger partial charge on any atom is 0.226 e. The minimum Gasteiger partial charge on any atom is -0.436 e. The van der Waals surface area contributed by atoms with E-state index in [4.69, 9.17) is 4.42 Å². The van der Waals surface area contributed by atoms with Crippen molar-refractivity contribution in [1.29, 1.82) is 0 Å². The lowest BCUT2D eigenvalue weighted by Crippen LogP contribution is -2.12. The van der Waals surface area contributed by atoms with Crippen LogP contribution in [0.2, 0.25) is 0 Å². The molecule has 166 valence electrons. The Hall–Kier alpha value is -3.53. The van der Waals surface area contributed by atoms with Gasteiger partial charge in [0.25, 0.3) is 0 Å². The summed E-state index contributed by atoms with van der Waals surface area (Å²) >= 11 is 0. The Balaban J connectivity index is 1.58. The third-order valence-corrected chi connectivity index (χ3v) is 5.96. The number of furan rings is 1. The second-order valence-corrected chi connectivity index (χ2v) is 10.2. The topological polar surface area (TPSA) is 51.8 Å². The SMILES string of the molecule is CC(C)Cc1cnc2oc(-c3cc(-c4cc(C(C)(C)C)c5ccccc5c4)ncn3)cc2c1. The quantitative estimate of drug-likeness (QED) is 0.292. The Morgan fingerprint density at radius 2 is 1.64 bits per heavy atom. The average Bonchev–Trinajstić information content (AvgIpc) is 3.21. The molecule has 0 saturated carbocycles. The van der Waals surface area contributed by atoms with E-state index in [1.165, 1.54) is 21.9 Å². The summed E-state index contributed by atoms with van der Waals surface area (Å²) in [4.78, 5) is 13.6. The minimum atomic E-state index is 0.0174. The second-order valence-electron chi connectivity index (χ2n) is 10.2. The Kier molecular flexibility index (Phi) is 5.24. The fourth-order valence-corrected chi connectivity index (χ4v) is 4.42. The van der Waals surface area contributed by atoms with Gasteiger partial charge in [-0.15, -0.1) is 0 Å². The molecule has 0 radical (unpaired) electrons. The van der Waals surface area contributed by atoms with E-state index < -0.39 is 0 Å². The van der Waals surface area contributed by atoms with Gasteiger partial charge in [-0.2, -0.15) is 0 Å². The summed E-state index contributed by atoms with van der Waals surface area (Å²) in [5, 5.41) is 3.50. The van der Waals surface area contributed by atoms with Crippen LogP contribution in [-0.4, -0.2) is 15.0 Å². The molecule has 0 unspecified atom stereocenters. The van der Waals surface area contributed by atoms with Crippen LogP contribution >= 0.6 is 0 Å². The number of pyridine rings is 1. The van der Waals surface area contributed by atoms with Gasteiger partial charge in [-0.1, -0.05) is 58.9 Å². The van der Waals surface area contributed by atoms with Gasteiger partial charge in [-0.05, 0) is 70.0 Å². The van der Waals surface area contributed by atoms with Crippen LogP contribution in [0.15, 0.2) is 71.5 Å². The van der Waals surface area contributed by atoms with E-state index in [2.05, 4.69) is 92.0 Å². The van der Waals surface area contributed by atoms with E-state index in [0.29, 0.717) is 17.4 Å². The van der Waals surface area contributed by atoms with Crippen LogP contribution in [0, 0.1) is 5.92 Å². The summed E-state index contributed by atoms with van der Waals surface area (Å²) in [7, 11) is 0. The number of hydrogen-bond donors (Lipinski definition) is 0. The lowest BCUT2D eigenvalue weighted by molar-refractivity contribution is 0.596. The van der Waals surface area contributed by atoms with Crippen molar-refractivity contribution in [3.8, 4) is 22.7 Å². The summed E-state index contributed by atoms with van der Waals surface area (Å²) in [5.41, 5.74) is 5.90. The van der Waals surface area contributed by atoms with Crippen LogP contribution in [0.5, 0.6) is 0 Å². The summed E-state index contributed by atoms with van der Waals surface area (Å²) in [5.74, 6) is 1.29. The first-order valence-corrected chi connectivity index (χ1v) is 11.5. The Labute approximate surface area is 194 Å².